The van der Waals surface area contributed by atoms with Gasteiger partial charge in [-0.2, -0.15) is 10.4 Å². The molecule has 6 heteroatoms. The third kappa shape index (κ3) is 3.93. The number of hydrogen-bond donors (Lipinski definition) is 1. The monoisotopic (exact) mass is 318 g/mol. The number of halogens is 1. The van der Waals surface area contributed by atoms with Crippen LogP contribution < -0.4 is 5.32 Å². The van der Waals surface area contributed by atoms with Gasteiger partial charge >= 0.3 is 0 Å². The molecule has 0 radical (unpaired) electrons. The van der Waals surface area contributed by atoms with E-state index < -0.39 is 0 Å². The van der Waals surface area contributed by atoms with Crippen LogP contribution in [0.15, 0.2) is 41.1 Å². The van der Waals surface area contributed by atoms with Crippen molar-refractivity contribution in [1.82, 2.24) is 9.78 Å². The zero-order chi connectivity index (χ0) is 13.7. The summed E-state index contributed by atoms with van der Waals surface area (Å²) >= 11 is 3.34. The van der Waals surface area contributed by atoms with Gasteiger partial charge in [0.2, 0.25) is 5.91 Å². The molecule has 1 aromatic heterocycles. The summed E-state index contributed by atoms with van der Waals surface area (Å²) in [6, 6.07) is 9.25. The van der Waals surface area contributed by atoms with E-state index in [4.69, 9.17) is 5.26 Å². The number of aromatic nitrogens is 2. The Labute approximate surface area is 119 Å². The van der Waals surface area contributed by atoms with Crippen LogP contribution in [0.5, 0.6) is 0 Å². The fourth-order valence-electron chi connectivity index (χ4n) is 1.58. The van der Waals surface area contributed by atoms with Crippen LogP contribution in [-0.2, 0) is 11.3 Å². The second-order valence-corrected chi connectivity index (χ2v) is 4.85. The smallest absolute Gasteiger partial charge is 0.238 e. The second-order valence-electron chi connectivity index (χ2n) is 3.94. The fraction of sp³-hybridized carbons (Fsp3) is 0.154. The quantitative estimate of drug-likeness (QED) is 0.941. The maximum atomic E-state index is 11.2. The zero-order valence-corrected chi connectivity index (χ0v) is 11.6. The number of rotatable bonds is 4. The zero-order valence-electron chi connectivity index (χ0n) is 10.0. The van der Waals surface area contributed by atoms with Crippen LogP contribution in [0.3, 0.4) is 0 Å². The third-order valence-corrected chi connectivity index (χ3v) is 2.83. The van der Waals surface area contributed by atoms with Crippen molar-refractivity contribution in [3.63, 3.8) is 0 Å². The maximum absolute atomic E-state index is 11.2. The Kier molecular flexibility index (Phi) is 4.31. The molecule has 1 heterocycles. The highest BCUT2D eigenvalue weighted by molar-refractivity contribution is 9.10. The molecule has 5 nitrogen and oxygen atoms in total. The molecule has 0 fully saturated rings. The van der Waals surface area contributed by atoms with E-state index in [-0.39, 0.29) is 12.3 Å². The molecule has 2 aromatic rings. The van der Waals surface area contributed by atoms with Gasteiger partial charge in [0, 0.05) is 11.9 Å². The molecule has 0 spiro atoms. The summed E-state index contributed by atoms with van der Waals surface area (Å²) in [7, 11) is 0. The van der Waals surface area contributed by atoms with Crippen LogP contribution in [-0.4, -0.2) is 15.7 Å². The van der Waals surface area contributed by atoms with Gasteiger partial charge in [0.1, 0.15) is 6.42 Å². The molecular formula is C13H11BrN4O. The molecule has 0 bridgehead atoms. The highest BCUT2D eigenvalue weighted by Gasteiger charge is 2.02. The van der Waals surface area contributed by atoms with Crippen LogP contribution in [0.4, 0.5) is 5.69 Å². The average molecular weight is 319 g/mol. The number of nitriles is 1. The highest BCUT2D eigenvalue weighted by atomic mass is 79.9. The topological polar surface area (TPSA) is 70.7 Å². The third-order valence-electron chi connectivity index (χ3n) is 2.42. The Hall–Kier alpha value is -2.13. The van der Waals surface area contributed by atoms with Crippen LogP contribution in [0, 0.1) is 11.3 Å². The normalized spacial score (nSPS) is 9.89. The van der Waals surface area contributed by atoms with Crippen molar-refractivity contribution in [1.29, 1.82) is 5.26 Å². The van der Waals surface area contributed by atoms with Crippen molar-refractivity contribution in [3.05, 3.63) is 46.7 Å². The van der Waals surface area contributed by atoms with E-state index >= 15 is 0 Å². The Morgan fingerprint density at radius 3 is 2.74 bits per heavy atom. The first-order chi connectivity index (χ1) is 9.17. The molecular weight excluding hydrogens is 308 g/mol. The summed E-state index contributed by atoms with van der Waals surface area (Å²) in [6.07, 6.45) is 3.49. The lowest BCUT2D eigenvalue weighted by atomic mass is 10.2. The van der Waals surface area contributed by atoms with Crippen LogP contribution in [0.1, 0.15) is 12.0 Å². The first kappa shape index (κ1) is 13.3. The van der Waals surface area contributed by atoms with Crippen molar-refractivity contribution in [2.24, 2.45) is 0 Å². The average Bonchev–Trinajstić information content (AvgIpc) is 2.78. The molecule has 0 aliphatic heterocycles. The summed E-state index contributed by atoms with van der Waals surface area (Å²) in [4.78, 5) is 11.2. The SMILES string of the molecule is N#CCC(=O)Nc1ccc(Cn2cc(Br)cn2)cc1. The van der Waals surface area contributed by atoms with E-state index in [9.17, 15) is 4.79 Å². The lowest BCUT2D eigenvalue weighted by molar-refractivity contribution is -0.115. The molecule has 0 saturated carbocycles. The first-order valence-corrected chi connectivity index (χ1v) is 6.40. The summed E-state index contributed by atoms with van der Waals surface area (Å²) in [6.45, 7) is 0.665. The van der Waals surface area contributed by atoms with Gasteiger partial charge in [-0.3, -0.25) is 9.48 Å². The molecule has 0 saturated heterocycles. The van der Waals surface area contributed by atoms with Gasteiger partial charge in [0.15, 0.2) is 0 Å². The number of benzene rings is 1. The highest BCUT2D eigenvalue weighted by Crippen LogP contribution is 2.12. The first-order valence-electron chi connectivity index (χ1n) is 5.61. The predicted molar refractivity (Wildman–Crippen MR) is 74.3 cm³/mol. The fourth-order valence-corrected chi connectivity index (χ4v) is 1.91. The van der Waals surface area contributed by atoms with E-state index in [2.05, 4.69) is 26.3 Å². The molecule has 96 valence electrons. The number of carbonyl (C=O) groups is 1. The molecule has 0 atom stereocenters. The van der Waals surface area contributed by atoms with Crippen molar-refractivity contribution in [2.45, 2.75) is 13.0 Å². The largest absolute Gasteiger partial charge is 0.325 e. The standard InChI is InChI=1S/C13H11BrN4O/c14-11-7-16-18(9-11)8-10-1-3-12(4-2-10)17-13(19)5-6-15/h1-4,7,9H,5,8H2,(H,17,19). The number of carbonyl (C=O) groups excluding carboxylic acids is 1. The molecule has 1 amide bonds. The van der Waals surface area contributed by atoms with Crippen LogP contribution in [0.2, 0.25) is 0 Å². The van der Waals surface area contributed by atoms with E-state index in [1.807, 2.05) is 35.1 Å². The minimum Gasteiger partial charge on any atom is -0.325 e. The Bertz CT molecular complexity index is 612. The lowest BCUT2D eigenvalue weighted by Gasteiger charge is -2.05. The van der Waals surface area contributed by atoms with Gasteiger partial charge in [-0.05, 0) is 33.6 Å². The number of hydrogen-bond acceptors (Lipinski definition) is 3. The summed E-state index contributed by atoms with van der Waals surface area (Å²) in [5, 5.41) is 15.2. The van der Waals surface area contributed by atoms with Gasteiger partial charge in [-0.15, -0.1) is 0 Å². The summed E-state index contributed by atoms with van der Waals surface area (Å²) < 4.78 is 2.75. The van der Waals surface area contributed by atoms with Gasteiger partial charge in [-0.1, -0.05) is 12.1 Å². The second kappa shape index (κ2) is 6.16. The molecule has 0 aliphatic carbocycles. The minimum atomic E-state index is -0.300. The summed E-state index contributed by atoms with van der Waals surface area (Å²) in [5.74, 6) is -0.300. The number of nitrogens with zero attached hydrogens (tertiary/aromatic N) is 3. The Balaban J connectivity index is 1.98. The molecule has 1 aromatic carbocycles. The Morgan fingerprint density at radius 2 is 2.16 bits per heavy atom. The molecule has 1 N–H and O–H groups in total. The van der Waals surface area contributed by atoms with E-state index in [1.165, 1.54) is 0 Å². The van der Waals surface area contributed by atoms with Crippen molar-refractivity contribution in [2.75, 3.05) is 5.32 Å². The van der Waals surface area contributed by atoms with E-state index in [1.54, 1.807) is 12.3 Å². The minimum absolute atomic E-state index is 0.136. The van der Waals surface area contributed by atoms with Gasteiger partial charge < -0.3 is 5.32 Å². The molecule has 0 unspecified atom stereocenters. The van der Waals surface area contributed by atoms with Gasteiger partial charge in [0.05, 0.1) is 23.3 Å². The van der Waals surface area contributed by atoms with Gasteiger partial charge in [-0.25, -0.2) is 0 Å². The molecule has 0 aliphatic rings. The summed E-state index contributed by atoms with van der Waals surface area (Å²) in [5.41, 5.74) is 1.76. The molecule has 2 rings (SSSR count). The Morgan fingerprint density at radius 1 is 1.42 bits per heavy atom. The number of amides is 1. The van der Waals surface area contributed by atoms with Crippen molar-refractivity contribution < 1.29 is 4.79 Å². The molecule has 19 heavy (non-hydrogen) atoms. The van der Waals surface area contributed by atoms with Gasteiger partial charge in [0.25, 0.3) is 0 Å². The predicted octanol–water partition coefficient (Wildman–Crippen LogP) is 2.55. The van der Waals surface area contributed by atoms with Crippen LogP contribution >= 0.6 is 15.9 Å². The van der Waals surface area contributed by atoms with Crippen LogP contribution in [0.25, 0.3) is 0 Å². The number of anilines is 1. The maximum Gasteiger partial charge on any atom is 0.238 e. The van der Waals surface area contributed by atoms with E-state index in [0.717, 1.165) is 10.0 Å². The number of nitrogens with one attached hydrogen (secondary N) is 1. The lowest BCUT2D eigenvalue weighted by Crippen LogP contribution is -2.10. The van der Waals surface area contributed by atoms with Crippen molar-refractivity contribution in [3.8, 4) is 6.07 Å². The van der Waals surface area contributed by atoms with E-state index in [0.29, 0.717) is 12.2 Å². The van der Waals surface area contributed by atoms with Crippen molar-refractivity contribution >= 4 is 27.5 Å².